The quantitative estimate of drug-likeness (QED) is 0.515. The second kappa shape index (κ2) is 2.73. The SMILES string of the molecule is CN1C[C@H](O)[C@H](O)CC1(C)C. The molecule has 0 bridgehead atoms. The number of aliphatic hydroxyl groups excluding tert-OH is 2. The van der Waals surface area contributed by atoms with E-state index in [9.17, 15) is 10.2 Å². The molecule has 11 heavy (non-hydrogen) atoms. The average molecular weight is 159 g/mol. The van der Waals surface area contributed by atoms with Crippen LogP contribution in [0.4, 0.5) is 0 Å². The second-order valence-electron chi connectivity index (χ2n) is 4.03. The maximum Gasteiger partial charge on any atom is 0.0926 e. The van der Waals surface area contributed by atoms with Crippen LogP contribution in [0, 0.1) is 0 Å². The lowest BCUT2D eigenvalue weighted by atomic mass is 9.88. The number of piperidine rings is 1. The molecule has 1 aliphatic heterocycles. The number of aliphatic hydroxyl groups is 2. The summed E-state index contributed by atoms with van der Waals surface area (Å²) in [4.78, 5) is 2.07. The van der Waals surface area contributed by atoms with Crippen LogP contribution in [-0.4, -0.2) is 46.5 Å². The second-order valence-corrected chi connectivity index (χ2v) is 4.03. The highest BCUT2D eigenvalue weighted by Gasteiger charge is 2.36. The summed E-state index contributed by atoms with van der Waals surface area (Å²) in [5, 5.41) is 18.6. The molecule has 0 radical (unpaired) electrons. The number of hydrogen-bond acceptors (Lipinski definition) is 3. The first-order valence-corrected chi connectivity index (χ1v) is 4.01. The zero-order valence-corrected chi connectivity index (χ0v) is 7.41. The van der Waals surface area contributed by atoms with Crippen LogP contribution in [0.25, 0.3) is 0 Å². The Kier molecular flexibility index (Phi) is 2.23. The fourth-order valence-corrected chi connectivity index (χ4v) is 1.45. The molecule has 0 aromatic rings. The minimum Gasteiger partial charge on any atom is -0.390 e. The monoisotopic (exact) mass is 159 g/mol. The van der Waals surface area contributed by atoms with Gasteiger partial charge in [0.15, 0.2) is 0 Å². The van der Waals surface area contributed by atoms with Crippen LogP contribution < -0.4 is 0 Å². The molecule has 0 aliphatic carbocycles. The number of likely N-dealkylation sites (N-methyl/N-ethyl adjacent to an activating group) is 1. The van der Waals surface area contributed by atoms with Crippen LogP contribution >= 0.6 is 0 Å². The lowest BCUT2D eigenvalue weighted by Gasteiger charge is -2.44. The normalized spacial score (nSPS) is 39.0. The van der Waals surface area contributed by atoms with E-state index < -0.39 is 12.2 Å². The average Bonchev–Trinajstić information content (AvgIpc) is 1.83. The molecule has 2 atom stereocenters. The summed E-state index contributed by atoms with van der Waals surface area (Å²) in [6.07, 6.45) is -0.487. The van der Waals surface area contributed by atoms with Gasteiger partial charge >= 0.3 is 0 Å². The molecule has 0 amide bonds. The van der Waals surface area contributed by atoms with Crippen molar-refractivity contribution < 1.29 is 10.2 Å². The predicted molar refractivity (Wildman–Crippen MR) is 43.3 cm³/mol. The third kappa shape index (κ3) is 1.72. The molecule has 0 unspecified atom stereocenters. The summed E-state index contributed by atoms with van der Waals surface area (Å²) in [6, 6.07) is 0. The fourth-order valence-electron chi connectivity index (χ4n) is 1.45. The molecule has 1 saturated heterocycles. The minimum absolute atomic E-state index is 0.0125. The van der Waals surface area contributed by atoms with E-state index in [4.69, 9.17) is 0 Å². The predicted octanol–water partition coefficient (Wildman–Crippen LogP) is -0.178. The van der Waals surface area contributed by atoms with Crippen LogP contribution in [0.3, 0.4) is 0 Å². The lowest BCUT2D eigenvalue weighted by molar-refractivity contribution is -0.0777. The molecule has 1 rings (SSSR count). The third-order valence-electron chi connectivity index (χ3n) is 2.65. The van der Waals surface area contributed by atoms with Crippen molar-refractivity contribution in [1.29, 1.82) is 0 Å². The first-order valence-electron chi connectivity index (χ1n) is 4.01. The standard InChI is InChI=1S/C8H17NO2/c1-8(2)4-6(10)7(11)5-9(8)3/h6-7,10-11H,4-5H2,1-3H3/t6-,7+/m1/s1. The summed E-state index contributed by atoms with van der Waals surface area (Å²) < 4.78 is 0. The first kappa shape index (κ1) is 8.97. The zero-order valence-electron chi connectivity index (χ0n) is 7.41. The number of β-amino-alcohol motifs (C(OH)–C–C–N with tert-alkyl or cyclic N) is 1. The van der Waals surface area contributed by atoms with E-state index in [0.717, 1.165) is 0 Å². The van der Waals surface area contributed by atoms with Gasteiger partial charge in [0.05, 0.1) is 12.2 Å². The Morgan fingerprint density at radius 3 is 2.27 bits per heavy atom. The third-order valence-corrected chi connectivity index (χ3v) is 2.65. The number of hydrogen-bond donors (Lipinski definition) is 2. The van der Waals surface area contributed by atoms with Gasteiger partial charge in [-0.25, -0.2) is 0 Å². The van der Waals surface area contributed by atoms with Gasteiger partial charge in [0.2, 0.25) is 0 Å². The molecule has 0 aromatic heterocycles. The Morgan fingerprint density at radius 1 is 1.27 bits per heavy atom. The Morgan fingerprint density at radius 2 is 1.82 bits per heavy atom. The molecule has 0 aromatic carbocycles. The van der Waals surface area contributed by atoms with Gasteiger partial charge in [0.1, 0.15) is 0 Å². The summed E-state index contributed by atoms with van der Waals surface area (Å²) in [5.41, 5.74) is 0.0125. The molecule has 66 valence electrons. The van der Waals surface area contributed by atoms with Crippen molar-refractivity contribution in [2.45, 2.75) is 38.0 Å². The molecular formula is C8H17NO2. The van der Waals surface area contributed by atoms with E-state index in [1.165, 1.54) is 0 Å². The van der Waals surface area contributed by atoms with Crippen molar-refractivity contribution in [3.8, 4) is 0 Å². The number of rotatable bonds is 0. The Labute approximate surface area is 67.6 Å². The summed E-state index contributed by atoms with van der Waals surface area (Å²) in [5.74, 6) is 0. The lowest BCUT2D eigenvalue weighted by Crippen LogP contribution is -2.55. The van der Waals surface area contributed by atoms with Crippen molar-refractivity contribution in [3.63, 3.8) is 0 Å². The van der Waals surface area contributed by atoms with Crippen molar-refractivity contribution >= 4 is 0 Å². The van der Waals surface area contributed by atoms with Gasteiger partial charge in [-0.05, 0) is 27.3 Å². The van der Waals surface area contributed by atoms with Gasteiger partial charge in [-0.2, -0.15) is 0 Å². The molecular weight excluding hydrogens is 142 g/mol. The van der Waals surface area contributed by atoms with E-state index in [2.05, 4.69) is 18.7 Å². The van der Waals surface area contributed by atoms with Crippen LogP contribution in [-0.2, 0) is 0 Å². The van der Waals surface area contributed by atoms with E-state index in [0.29, 0.717) is 13.0 Å². The van der Waals surface area contributed by atoms with Crippen LogP contribution in [0.5, 0.6) is 0 Å². The Hall–Kier alpha value is -0.120. The highest BCUT2D eigenvalue weighted by atomic mass is 16.3. The smallest absolute Gasteiger partial charge is 0.0926 e. The number of nitrogens with zero attached hydrogens (tertiary/aromatic N) is 1. The maximum atomic E-state index is 9.35. The summed E-state index contributed by atoms with van der Waals surface area (Å²) in [7, 11) is 1.97. The van der Waals surface area contributed by atoms with Gasteiger partial charge in [-0.15, -0.1) is 0 Å². The highest BCUT2D eigenvalue weighted by molar-refractivity contribution is 4.91. The van der Waals surface area contributed by atoms with Crippen LogP contribution in [0.2, 0.25) is 0 Å². The summed E-state index contributed by atoms with van der Waals surface area (Å²) in [6.45, 7) is 4.71. The van der Waals surface area contributed by atoms with Gasteiger partial charge in [0.25, 0.3) is 0 Å². The van der Waals surface area contributed by atoms with E-state index in [-0.39, 0.29) is 5.54 Å². The van der Waals surface area contributed by atoms with Crippen molar-refractivity contribution in [3.05, 3.63) is 0 Å². The molecule has 1 aliphatic rings. The first-order chi connectivity index (χ1) is 4.93. The highest BCUT2D eigenvalue weighted by Crippen LogP contribution is 2.25. The molecule has 2 N–H and O–H groups in total. The molecule has 1 heterocycles. The molecule has 3 heteroatoms. The topological polar surface area (TPSA) is 43.7 Å². The van der Waals surface area contributed by atoms with Gasteiger partial charge < -0.3 is 10.2 Å². The van der Waals surface area contributed by atoms with Gasteiger partial charge in [-0.3, -0.25) is 4.90 Å². The van der Waals surface area contributed by atoms with Crippen LogP contribution in [0.1, 0.15) is 20.3 Å². The molecule has 0 saturated carbocycles. The van der Waals surface area contributed by atoms with Crippen molar-refractivity contribution in [2.24, 2.45) is 0 Å². The molecule has 0 spiro atoms. The minimum atomic E-state index is -0.576. The van der Waals surface area contributed by atoms with E-state index in [1.807, 2.05) is 7.05 Å². The zero-order chi connectivity index (χ0) is 8.65. The van der Waals surface area contributed by atoms with Crippen molar-refractivity contribution in [1.82, 2.24) is 4.90 Å². The maximum absolute atomic E-state index is 9.35. The Bertz CT molecular complexity index is 147. The fraction of sp³-hybridized carbons (Fsp3) is 1.00. The summed E-state index contributed by atoms with van der Waals surface area (Å²) >= 11 is 0. The largest absolute Gasteiger partial charge is 0.390 e. The van der Waals surface area contributed by atoms with Gasteiger partial charge in [0, 0.05) is 12.1 Å². The van der Waals surface area contributed by atoms with Gasteiger partial charge in [-0.1, -0.05) is 0 Å². The van der Waals surface area contributed by atoms with E-state index >= 15 is 0 Å². The van der Waals surface area contributed by atoms with Crippen LogP contribution in [0.15, 0.2) is 0 Å². The molecule has 1 fully saturated rings. The Balaban J connectivity index is 2.63. The van der Waals surface area contributed by atoms with Crippen molar-refractivity contribution in [2.75, 3.05) is 13.6 Å². The van der Waals surface area contributed by atoms with E-state index in [1.54, 1.807) is 0 Å². The molecule has 3 nitrogen and oxygen atoms in total. The number of likely N-dealkylation sites (tertiary alicyclic amines) is 1.